The fraction of sp³-hybridized carbons (Fsp3) is 0.462. The van der Waals surface area contributed by atoms with E-state index in [-0.39, 0.29) is 11.9 Å². The number of halogens is 1. The number of carbonyl (C=O) groups is 1. The van der Waals surface area contributed by atoms with Crippen molar-refractivity contribution in [3.05, 3.63) is 34.3 Å². The summed E-state index contributed by atoms with van der Waals surface area (Å²) in [6, 6.07) is 7.95. The van der Waals surface area contributed by atoms with Crippen LogP contribution in [0.4, 0.5) is 0 Å². The van der Waals surface area contributed by atoms with Crippen LogP contribution in [-0.2, 0) is 9.53 Å². The number of ether oxygens (including phenoxy) is 1. The molecule has 1 atom stereocenters. The highest BCUT2D eigenvalue weighted by molar-refractivity contribution is 9.10. The van der Waals surface area contributed by atoms with Gasteiger partial charge in [0.25, 0.3) is 5.91 Å². The predicted octanol–water partition coefficient (Wildman–Crippen LogP) is 2.81. The molecule has 1 aliphatic rings. The van der Waals surface area contributed by atoms with Crippen LogP contribution in [0, 0.1) is 0 Å². The Kier molecular flexibility index (Phi) is 3.54. The van der Waals surface area contributed by atoms with Crippen molar-refractivity contribution in [1.29, 1.82) is 0 Å². The first-order chi connectivity index (χ1) is 8.07. The molecule has 1 fully saturated rings. The summed E-state index contributed by atoms with van der Waals surface area (Å²) in [6.45, 7) is 1.98. The lowest BCUT2D eigenvalue weighted by atomic mass is 10.1. The average molecular weight is 298 g/mol. The summed E-state index contributed by atoms with van der Waals surface area (Å²) >= 11 is 3.39. The van der Waals surface area contributed by atoms with Gasteiger partial charge in [-0.25, -0.2) is 0 Å². The Bertz CT molecular complexity index is 412. The van der Waals surface area contributed by atoms with Crippen LogP contribution in [0.1, 0.15) is 31.4 Å². The van der Waals surface area contributed by atoms with Gasteiger partial charge in [-0.3, -0.25) is 4.79 Å². The minimum absolute atomic E-state index is 0.00299. The standard InChI is InChI=1S/C13H16BrNO2/c1-9(10-3-5-11(14)6-4-10)15-12(16)13(17-2)7-8-13/h3-6,9H,7-8H2,1-2H3,(H,15,16). The second-order valence-electron chi connectivity index (χ2n) is 4.45. The number of benzene rings is 1. The van der Waals surface area contributed by atoms with Crippen LogP contribution >= 0.6 is 15.9 Å². The van der Waals surface area contributed by atoms with Crippen molar-refractivity contribution in [2.75, 3.05) is 7.11 Å². The van der Waals surface area contributed by atoms with E-state index in [0.29, 0.717) is 0 Å². The molecule has 0 bridgehead atoms. The van der Waals surface area contributed by atoms with Gasteiger partial charge in [0.1, 0.15) is 5.60 Å². The van der Waals surface area contributed by atoms with Gasteiger partial charge >= 0.3 is 0 Å². The van der Waals surface area contributed by atoms with Crippen molar-refractivity contribution in [3.8, 4) is 0 Å². The highest BCUT2D eigenvalue weighted by atomic mass is 79.9. The number of rotatable bonds is 4. The van der Waals surface area contributed by atoms with Crippen LogP contribution in [0.5, 0.6) is 0 Å². The molecule has 0 aliphatic heterocycles. The molecular formula is C13H16BrNO2. The molecule has 0 aromatic heterocycles. The number of nitrogens with one attached hydrogen (secondary N) is 1. The summed E-state index contributed by atoms with van der Waals surface area (Å²) in [6.07, 6.45) is 1.64. The largest absolute Gasteiger partial charge is 0.368 e. The van der Waals surface area contributed by atoms with Gasteiger partial charge in [0.2, 0.25) is 0 Å². The van der Waals surface area contributed by atoms with Crippen molar-refractivity contribution in [3.63, 3.8) is 0 Å². The van der Waals surface area contributed by atoms with Crippen LogP contribution in [-0.4, -0.2) is 18.6 Å². The zero-order chi connectivity index (χ0) is 12.5. The molecule has 1 amide bonds. The second kappa shape index (κ2) is 4.78. The molecule has 1 saturated carbocycles. The second-order valence-corrected chi connectivity index (χ2v) is 5.36. The minimum atomic E-state index is -0.552. The maximum atomic E-state index is 12.0. The summed E-state index contributed by atoms with van der Waals surface area (Å²) in [5.41, 5.74) is 0.539. The van der Waals surface area contributed by atoms with E-state index in [4.69, 9.17) is 4.74 Å². The molecule has 3 nitrogen and oxygen atoms in total. The van der Waals surface area contributed by atoms with Crippen molar-refractivity contribution >= 4 is 21.8 Å². The Morgan fingerprint density at radius 2 is 2.00 bits per heavy atom. The van der Waals surface area contributed by atoms with E-state index in [1.165, 1.54) is 0 Å². The van der Waals surface area contributed by atoms with Crippen molar-refractivity contribution in [2.45, 2.75) is 31.4 Å². The van der Waals surface area contributed by atoms with Gasteiger partial charge in [0, 0.05) is 11.6 Å². The van der Waals surface area contributed by atoms with Gasteiger partial charge in [-0.05, 0) is 37.5 Å². The van der Waals surface area contributed by atoms with E-state index in [1.54, 1.807) is 7.11 Å². The van der Waals surface area contributed by atoms with E-state index < -0.39 is 5.60 Å². The summed E-state index contributed by atoms with van der Waals surface area (Å²) in [5.74, 6) is -0.00424. The molecule has 1 aliphatic carbocycles. The first-order valence-electron chi connectivity index (χ1n) is 5.69. The lowest BCUT2D eigenvalue weighted by molar-refractivity contribution is -0.134. The molecule has 17 heavy (non-hydrogen) atoms. The van der Waals surface area contributed by atoms with E-state index in [0.717, 1.165) is 22.9 Å². The molecular weight excluding hydrogens is 282 g/mol. The lowest BCUT2D eigenvalue weighted by Crippen LogP contribution is -2.38. The molecule has 0 radical (unpaired) electrons. The van der Waals surface area contributed by atoms with E-state index in [9.17, 15) is 4.79 Å². The molecule has 0 saturated heterocycles. The maximum Gasteiger partial charge on any atom is 0.252 e. The number of hydrogen-bond acceptors (Lipinski definition) is 2. The van der Waals surface area contributed by atoms with Gasteiger partial charge in [-0.15, -0.1) is 0 Å². The van der Waals surface area contributed by atoms with E-state index in [1.807, 2.05) is 31.2 Å². The quantitative estimate of drug-likeness (QED) is 0.928. The Labute approximate surface area is 110 Å². The maximum absolute atomic E-state index is 12.0. The summed E-state index contributed by atoms with van der Waals surface area (Å²) in [4.78, 5) is 12.0. The first kappa shape index (κ1) is 12.6. The summed E-state index contributed by atoms with van der Waals surface area (Å²) in [7, 11) is 1.59. The van der Waals surface area contributed by atoms with Crippen LogP contribution in [0.15, 0.2) is 28.7 Å². The number of hydrogen-bond donors (Lipinski definition) is 1. The highest BCUT2D eigenvalue weighted by Crippen LogP contribution is 2.39. The normalized spacial score (nSPS) is 18.5. The third-order valence-corrected chi connectivity index (χ3v) is 3.75. The molecule has 2 rings (SSSR count). The third kappa shape index (κ3) is 2.69. The van der Waals surface area contributed by atoms with Crippen LogP contribution in [0.25, 0.3) is 0 Å². The monoisotopic (exact) mass is 297 g/mol. The van der Waals surface area contributed by atoms with Gasteiger partial charge in [-0.2, -0.15) is 0 Å². The smallest absolute Gasteiger partial charge is 0.252 e. The minimum Gasteiger partial charge on any atom is -0.368 e. The van der Waals surface area contributed by atoms with Gasteiger partial charge in [0.15, 0.2) is 0 Å². The zero-order valence-corrected chi connectivity index (χ0v) is 11.6. The van der Waals surface area contributed by atoms with Crippen molar-refractivity contribution in [1.82, 2.24) is 5.32 Å². The van der Waals surface area contributed by atoms with E-state index in [2.05, 4.69) is 21.2 Å². The van der Waals surface area contributed by atoms with Gasteiger partial charge < -0.3 is 10.1 Å². The van der Waals surface area contributed by atoms with Crippen LogP contribution in [0.2, 0.25) is 0 Å². The fourth-order valence-electron chi connectivity index (χ4n) is 1.80. The van der Waals surface area contributed by atoms with E-state index >= 15 is 0 Å². The molecule has 4 heteroatoms. The van der Waals surface area contributed by atoms with Crippen LogP contribution in [0.3, 0.4) is 0 Å². The molecule has 1 N–H and O–H groups in total. The zero-order valence-electron chi connectivity index (χ0n) is 10.00. The predicted molar refractivity (Wildman–Crippen MR) is 69.7 cm³/mol. The molecule has 92 valence electrons. The molecule has 0 heterocycles. The molecule has 1 aromatic rings. The first-order valence-corrected chi connectivity index (χ1v) is 6.48. The third-order valence-electron chi connectivity index (χ3n) is 3.23. The molecule has 1 unspecified atom stereocenters. The van der Waals surface area contributed by atoms with Gasteiger partial charge in [0.05, 0.1) is 6.04 Å². The summed E-state index contributed by atoms with van der Waals surface area (Å²) < 4.78 is 6.28. The highest BCUT2D eigenvalue weighted by Gasteiger charge is 2.50. The summed E-state index contributed by atoms with van der Waals surface area (Å²) in [5, 5.41) is 2.99. The number of amides is 1. The number of carbonyl (C=O) groups excluding carboxylic acids is 1. The number of methoxy groups -OCH3 is 1. The topological polar surface area (TPSA) is 38.3 Å². The van der Waals surface area contributed by atoms with Crippen LogP contribution < -0.4 is 5.32 Å². The Hall–Kier alpha value is -0.870. The SMILES string of the molecule is COC1(C(=O)NC(C)c2ccc(Br)cc2)CC1. The Balaban J connectivity index is 1.99. The van der Waals surface area contributed by atoms with Gasteiger partial charge in [-0.1, -0.05) is 28.1 Å². The lowest BCUT2D eigenvalue weighted by Gasteiger charge is -2.19. The Morgan fingerprint density at radius 3 is 2.47 bits per heavy atom. The fourth-order valence-corrected chi connectivity index (χ4v) is 2.06. The van der Waals surface area contributed by atoms with Crippen molar-refractivity contribution in [2.24, 2.45) is 0 Å². The molecule has 0 spiro atoms. The molecule has 1 aromatic carbocycles. The average Bonchev–Trinajstić information content (AvgIpc) is 3.10. The Morgan fingerprint density at radius 1 is 1.41 bits per heavy atom. The van der Waals surface area contributed by atoms with Crippen molar-refractivity contribution < 1.29 is 9.53 Å².